The highest BCUT2D eigenvalue weighted by Gasteiger charge is 2.07. The molecule has 0 spiro atoms. The van der Waals surface area contributed by atoms with Crippen LogP contribution in [0.5, 0.6) is 0 Å². The normalized spacial score (nSPS) is 15.5. The second-order valence-corrected chi connectivity index (χ2v) is 6.69. The van der Waals surface area contributed by atoms with Crippen molar-refractivity contribution in [1.82, 2.24) is 0 Å². The Balaban J connectivity index is 3.42. The van der Waals surface area contributed by atoms with Crippen LogP contribution < -0.4 is 0 Å². The van der Waals surface area contributed by atoms with E-state index in [1.54, 1.807) is 0 Å². The van der Waals surface area contributed by atoms with Crippen molar-refractivity contribution in [3.8, 4) is 0 Å². The summed E-state index contributed by atoms with van der Waals surface area (Å²) in [6.45, 7) is 15.7. The third-order valence-corrected chi connectivity index (χ3v) is 3.28. The first-order valence-corrected chi connectivity index (χ1v) is 7.49. The summed E-state index contributed by atoms with van der Waals surface area (Å²) < 4.78 is 5.82. The minimum Gasteiger partial charge on any atom is -0.381 e. The minimum absolute atomic E-state index is 0.717. The lowest BCUT2D eigenvalue weighted by atomic mass is 9.99. The van der Waals surface area contributed by atoms with Crippen LogP contribution in [0.1, 0.15) is 67.2 Å². The second kappa shape index (κ2) is 9.94. The van der Waals surface area contributed by atoms with Crippen LogP contribution >= 0.6 is 0 Å². The minimum atomic E-state index is 0.717. The predicted octanol–water partition coefficient (Wildman–Crippen LogP) is 5.15. The highest BCUT2D eigenvalue weighted by Crippen LogP contribution is 2.14. The van der Waals surface area contributed by atoms with Gasteiger partial charge in [-0.25, -0.2) is 0 Å². The molecular formula is C16H34O. The number of rotatable bonds is 10. The van der Waals surface area contributed by atoms with Gasteiger partial charge in [0, 0.05) is 13.2 Å². The van der Waals surface area contributed by atoms with Crippen LogP contribution in [-0.2, 0) is 4.74 Å². The van der Waals surface area contributed by atoms with Crippen LogP contribution in [0.3, 0.4) is 0 Å². The molecule has 0 aliphatic heterocycles. The van der Waals surface area contributed by atoms with Crippen molar-refractivity contribution >= 4 is 0 Å². The molecule has 0 aromatic heterocycles. The molecule has 0 radical (unpaired) electrons. The molecule has 104 valence electrons. The Bertz CT molecular complexity index is 145. The average molecular weight is 242 g/mol. The molecule has 0 heterocycles. The maximum atomic E-state index is 5.82. The second-order valence-electron chi connectivity index (χ2n) is 6.69. The molecule has 1 nitrogen and oxygen atoms in total. The first-order valence-electron chi connectivity index (χ1n) is 7.49. The summed E-state index contributed by atoms with van der Waals surface area (Å²) >= 11 is 0. The van der Waals surface area contributed by atoms with E-state index >= 15 is 0 Å². The highest BCUT2D eigenvalue weighted by molar-refractivity contribution is 4.57. The zero-order valence-corrected chi connectivity index (χ0v) is 13.0. The van der Waals surface area contributed by atoms with Crippen LogP contribution in [0, 0.1) is 23.7 Å². The van der Waals surface area contributed by atoms with E-state index in [4.69, 9.17) is 4.74 Å². The van der Waals surface area contributed by atoms with Gasteiger partial charge in [0.2, 0.25) is 0 Å². The molecule has 0 saturated heterocycles. The lowest BCUT2D eigenvalue weighted by molar-refractivity contribution is 0.0727. The van der Waals surface area contributed by atoms with Crippen LogP contribution in [0.25, 0.3) is 0 Å². The van der Waals surface area contributed by atoms with E-state index in [1.165, 1.54) is 25.7 Å². The third-order valence-electron chi connectivity index (χ3n) is 3.28. The fourth-order valence-corrected chi connectivity index (χ4v) is 1.87. The summed E-state index contributed by atoms with van der Waals surface area (Å²) in [6.07, 6.45) is 5.26. The Kier molecular flexibility index (Phi) is 9.91. The van der Waals surface area contributed by atoms with Gasteiger partial charge in [-0.1, -0.05) is 54.4 Å². The van der Waals surface area contributed by atoms with E-state index in [0.717, 1.165) is 36.9 Å². The van der Waals surface area contributed by atoms with Gasteiger partial charge in [-0.15, -0.1) is 0 Å². The van der Waals surface area contributed by atoms with Gasteiger partial charge in [-0.05, 0) is 36.5 Å². The largest absolute Gasteiger partial charge is 0.381 e. The van der Waals surface area contributed by atoms with Crippen molar-refractivity contribution < 1.29 is 4.74 Å². The fourth-order valence-electron chi connectivity index (χ4n) is 1.87. The molecule has 0 amide bonds. The van der Waals surface area contributed by atoms with Gasteiger partial charge < -0.3 is 4.74 Å². The topological polar surface area (TPSA) is 9.23 Å². The number of hydrogen-bond donors (Lipinski definition) is 0. The van der Waals surface area contributed by atoms with Gasteiger partial charge in [0.1, 0.15) is 0 Å². The molecule has 0 N–H and O–H groups in total. The van der Waals surface area contributed by atoms with Gasteiger partial charge in [0.05, 0.1) is 0 Å². The Morgan fingerprint density at radius 1 is 0.588 bits per heavy atom. The van der Waals surface area contributed by atoms with Crippen molar-refractivity contribution in [3.63, 3.8) is 0 Å². The van der Waals surface area contributed by atoms with Crippen LogP contribution in [0.2, 0.25) is 0 Å². The molecule has 0 aromatic carbocycles. The third kappa shape index (κ3) is 12.2. The summed E-state index contributed by atoms with van der Waals surface area (Å²) in [4.78, 5) is 0. The summed E-state index contributed by atoms with van der Waals surface area (Å²) in [7, 11) is 0. The predicted molar refractivity (Wildman–Crippen MR) is 77.3 cm³/mol. The molecule has 0 aliphatic carbocycles. The van der Waals surface area contributed by atoms with Crippen molar-refractivity contribution in [2.75, 3.05) is 13.2 Å². The summed E-state index contributed by atoms with van der Waals surface area (Å²) in [5.74, 6) is 3.08. The van der Waals surface area contributed by atoms with Gasteiger partial charge in [0.25, 0.3) is 0 Å². The molecule has 2 unspecified atom stereocenters. The van der Waals surface area contributed by atoms with Crippen LogP contribution in [-0.4, -0.2) is 13.2 Å². The van der Waals surface area contributed by atoms with E-state index in [2.05, 4.69) is 41.5 Å². The van der Waals surface area contributed by atoms with E-state index in [9.17, 15) is 0 Å². The van der Waals surface area contributed by atoms with Crippen LogP contribution in [0.4, 0.5) is 0 Å². The summed E-state index contributed by atoms with van der Waals surface area (Å²) in [5.41, 5.74) is 0. The maximum Gasteiger partial charge on any atom is 0.0491 e. The monoisotopic (exact) mass is 242 g/mol. The molecular weight excluding hydrogens is 208 g/mol. The summed E-state index contributed by atoms with van der Waals surface area (Å²) in [6, 6.07) is 0. The SMILES string of the molecule is CC(C)CCC(C)COCC(C)CCC(C)C. The molecule has 0 fully saturated rings. The number of hydrogen-bond acceptors (Lipinski definition) is 1. The molecule has 0 rings (SSSR count). The Hall–Kier alpha value is -0.0400. The lowest BCUT2D eigenvalue weighted by Crippen LogP contribution is -2.12. The van der Waals surface area contributed by atoms with Crippen molar-refractivity contribution in [1.29, 1.82) is 0 Å². The smallest absolute Gasteiger partial charge is 0.0491 e. The first kappa shape index (κ1) is 17.0. The average Bonchev–Trinajstić information content (AvgIpc) is 2.23. The zero-order valence-electron chi connectivity index (χ0n) is 13.0. The van der Waals surface area contributed by atoms with Gasteiger partial charge in [0.15, 0.2) is 0 Å². The maximum absolute atomic E-state index is 5.82. The van der Waals surface area contributed by atoms with Crippen molar-refractivity contribution in [3.05, 3.63) is 0 Å². The Morgan fingerprint density at radius 2 is 0.941 bits per heavy atom. The van der Waals surface area contributed by atoms with E-state index in [0.29, 0.717) is 0 Å². The molecule has 1 heteroatoms. The van der Waals surface area contributed by atoms with Gasteiger partial charge in [-0.3, -0.25) is 0 Å². The van der Waals surface area contributed by atoms with E-state index in [1.807, 2.05) is 0 Å². The highest BCUT2D eigenvalue weighted by atomic mass is 16.5. The standard InChI is InChI=1S/C16H34O/c1-13(2)7-9-15(5)11-17-12-16(6)10-8-14(3)4/h13-16H,7-12H2,1-6H3. The quantitative estimate of drug-likeness (QED) is 0.515. The molecule has 2 atom stereocenters. The lowest BCUT2D eigenvalue weighted by Gasteiger charge is -2.16. The molecule has 0 aliphatic rings. The molecule has 17 heavy (non-hydrogen) atoms. The van der Waals surface area contributed by atoms with E-state index < -0.39 is 0 Å². The molecule has 0 aromatic rings. The van der Waals surface area contributed by atoms with Gasteiger partial charge in [-0.2, -0.15) is 0 Å². The summed E-state index contributed by atoms with van der Waals surface area (Å²) in [5, 5.41) is 0. The Morgan fingerprint density at radius 3 is 1.24 bits per heavy atom. The first-order chi connectivity index (χ1) is 7.91. The van der Waals surface area contributed by atoms with Crippen molar-refractivity contribution in [2.45, 2.75) is 67.2 Å². The van der Waals surface area contributed by atoms with Crippen molar-refractivity contribution in [2.24, 2.45) is 23.7 Å². The zero-order chi connectivity index (χ0) is 13.3. The molecule has 0 saturated carbocycles. The molecule has 0 bridgehead atoms. The van der Waals surface area contributed by atoms with Crippen LogP contribution in [0.15, 0.2) is 0 Å². The van der Waals surface area contributed by atoms with E-state index in [-0.39, 0.29) is 0 Å². The number of ether oxygens (including phenoxy) is 1. The fraction of sp³-hybridized carbons (Fsp3) is 1.00. The van der Waals surface area contributed by atoms with Gasteiger partial charge >= 0.3 is 0 Å². The Labute approximate surface area is 109 Å².